The average molecular weight is 484 g/mol. The summed E-state index contributed by atoms with van der Waals surface area (Å²) >= 11 is 0. The minimum Gasteiger partial charge on any atom is -0.353 e. The zero-order valence-corrected chi connectivity index (χ0v) is 20.2. The quantitative estimate of drug-likeness (QED) is 0.680. The molecule has 1 aliphatic carbocycles. The van der Waals surface area contributed by atoms with Crippen LogP contribution in [0.1, 0.15) is 48.9 Å². The molecule has 6 nitrogen and oxygen atoms in total. The number of piperazine rings is 1. The second-order valence-corrected chi connectivity index (χ2v) is 8.22. The topological polar surface area (TPSA) is 61.4 Å². The van der Waals surface area contributed by atoms with Gasteiger partial charge in [-0.1, -0.05) is 26.0 Å². The van der Waals surface area contributed by atoms with Gasteiger partial charge in [0.25, 0.3) is 0 Å². The van der Waals surface area contributed by atoms with Crippen molar-refractivity contribution < 1.29 is 9.18 Å². The van der Waals surface area contributed by atoms with Gasteiger partial charge in [-0.15, -0.1) is 24.8 Å². The van der Waals surface area contributed by atoms with E-state index >= 15 is 0 Å². The summed E-state index contributed by atoms with van der Waals surface area (Å²) in [6, 6.07) is 6.29. The summed E-state index contributed by atoms with van der Waals surface area (Å²) in [5, 5.41) is 3.28. The smallest absolute Gasteiger partial charge is 0.231 e. The van der Waals surface area contributed by atoms with Crippen molar-refractivity contribution in [2.24, 2.45) is 0 Å². The standard InChI is InChI=1S/C23H30FN5O.2ClH/c1-3-25-14-19(17-5-7-18(24)8-6-17)23(30)29-12-10-28(11-13-29)22-21-16(2)4-9-20(21)26-15-27-22;;/h5-8,15-16,19,25H,3-4,9-14H2,1-2H3;2*1H/t16-,19?;;/m1../s1. The number of fused-ring (bicyclic) bond motifs is 1. The number of carbonyl (C=O) groups excluding carboxylic acids is 1. The van der Waals surface area contributed by atoms with Crippen LogP contribution in [-0.2, 0) is 11.2 Å². The Kier molecular flexibility index (Phi) is 9.67. The third kappa shape index (κ3) is 5.50. The van der Waals surface area contributed by atoms with Crippen molar-refractivity contribution in [3.8, 4) is 0 Å². The van der Waals surface area contributed by atoms with E-state index in [1.807, 2.05) is 11.8 Å². The van der Waals surface area contributed by atoms with Gasteiger partial charge in [-0.2, -0.15) is 0 Å². The van der Waals surface area contributed by atoms with Crippen LogP contribution in [0.5, 0.6) is 0 Å². The molecule has 9 heteroatoms. The molecule has 2 heterocycles. The van der Waals surface area contributed by atoms with Gasteiger partial charge < -0.3 is 15.1 Å². The Labute approximate surface area is 201 Å². The van der Waals surface area contributed by atoms with E-state index in [0.29, 0.717) is 25.6 Å². The summed E-state index contributed by atoms with van der Waals surface area (Å²) < 4.78 is 13.4. The summed E-state index contributed by atoms with van der Waals surface area (Å²) in [5.74, 6) is 1.04. The van der Waals surface area contributed by atoms with Gasteiger partial charge >= 0.3 is 0 Å². The lowest BCUT2D eigenvalue weighted by Gasteiger charge is -2.38. The highest BCUT2D eigenvalue weighted by atomic mass is 35.5. The third-order valence-corrected chi connectivity index (χ3v) is 6.31. The molecule has 0 bridgehead atoms. The largest absolute Gasteiger partial charge is 0.353 e. The van der Waals surface area contributed by atoms with Crippen molar-refractivity contribution in [2.75, 3.05) is 44.2 Å². The minimum absolute atomic E-state index is 0. The zero-order chi connectivity index (χ0) is 21.1. The molecule has 1 aromatic carbocycles. The Morgan fingerprint density at radius 1 is 1.16 bits per heavy atom. The van der Waals surface area contributed by atoms with Gasteiger partial charge in [-0.05, 0) is 43.0 Å². The highest BCUT2D eigenvalue weighted by Gasteiger charge is 2.31. The molecule has 0 radical (unpaired) electrons. The number of nitrogens with zero attached hydrogens (tertiary/aromatic N) is 4. The van der Waals surface area contributed by atoms with E-state index in [9.17, 15) is 9.18 Å². The molecular formula is C23H32Cl2FN5O. The van der Waals surface area contributed by atoms with Gasteiger partial charge in [0, 0.05) is 44.0 Å². The summed E-state index contributed by atoms with van der Waals surface area (Å²) in [4.78, 5) is 26.6. The first-order valence-electron chi connectivity index (χ1n) is 10.9. The van der Waals surface area contributed by atoms with Crippen molar-refractivity contribution >= 4 is 36.5 Å². The van der Waals surface area contributed by atoms with Crippen LogP contribution in [0.25, 0.3) is 0 Å². The van der Waals surface area contributed by atoms with E-state index in [0.717, 1.165) is 43.9 Å². The second kappa shape index (κ2) is 11.8. The monoisotopic (exact) mass is 483 g/mol. The number of anilines is 1. The summed E-state index contributed by atoms with van der Waals surface area (Å²) in [5.41, 5.74) is 3.31. The number of hydrogen-bond donors (Lipinski definition) is 1. The summed E-state index contributed by atoms with van der Waals surface area (Å²) in [7, 11) is 0. The molecule has 176 valence electrons. The zero-order valence-electron chi connectivity index (χ0n) is 18.6. The van der Waals surface area contributed by atoms with Crippen molar-refractivity contribution in [1.29, 1.82) is 0 Å². The number of nitrogens with one attached hydrogen (secondary N) is 1. The molecule has 2 atom stereocenters. The molecule has 0 spiro atoms. The Hall–Kier alpha value is -1.96. The van der Waals surface area contributed by atoms with E-state index < -0.39 is 0 Å². The number of rotatable bonds is 6. The second-order valence-electron chi connectivity index (χ2n) is 8.22. The molecular weight excluding hydrogens is 452 g/mol. The van der Waals surface area contributed by atoms with Crippen molar-refractivity contribution in [3.05, 3.63) is 53.2 Å². The SMILES string of the molecule is CCNCC(C(=O)N1CCN(c2ncnc3c2[C@H](C)CC3)CC1)c1ccc(F)cc1.Cl.Cl. The van der Waals surface area contributed by atoms with Gasteiger partial charge in [0.15, 0.2) is 0 Å². The van der Waals surface area contributed by atoms with E-state index in [1.54, 1.807) is 18.5 Å². The molecule has 2 aromatic rings. The number of benzene rings is 1. The number of carbonyl (C=O) groups is 1. The lowest BCUT2D eigenvalue weighted by Crippen LogP contribution is -2.51. The van der Waals surface area contributed by atoms with Gasteiger partial charge in [-0.3, -0.25) is 4.79 Å². The number of aromatic nitrogens is 2. The first kappa shape index (κ1) is 26.3. The van der Waals surface area contributed by atoms with Gasteiger partial charge in [-0.25, -0.2) is 14.4 Å². The van der Waals surface area contributed by atoms with E-state index in [4.69, 9.17) is 0 Å². The van der Waals surface area contributed by atoms with Crippen LogP contribution >= 0.6 is 24.8 Å². The molecule has 1 saturated heterocycles. The fourth-order valence-electron chi connectivity index (χ4n) is 4.57. The fraction of sp³-hybridized carbons (Fsp3) is 0.522. The molecule has 1 aliphatic heterocycles. The maximum absolute atomic E-state index is 13.4. The Morgan fingerprint density at radius 2 is 1.84 bits per heavy atom. The molecule has 1 aromatic heterocycles. The number of amides is 1. The average Bonchev–Trinajstić information content (AvgIpc) is 3.16. The third-order valence-electron chi connectivity index (χ3n) is 6.31. The molecule has 32 heavy (non-hydrogen) atoms. The lowest BCUT2D eigenvalue weighted by atomic mass is 9.96. The van der Waals surface area contributed by atoms with E-state index in [-0.39, 0.29) is 42.5 Å². The van der Waals surface area contributed by atoms with Crippen LogP contribution in [-0.4, -0.2) is 60.0 Å². The molecule has 4 rings (SSSR count). The maximum atomic E-state index is 13.4. The van der Waals surface area contributed by atoms with Crippen LogP contribution in [0.2, 0.25) is 0 Å². The Bertz CT molecular complexity index is 890. The Balaban J connectivity index is 0.00000181. The van der Waals surface area contributed by atoms with Crippen LogP contribution in [0, 0.1) is 5.82 Å². The Morgan fingerprint density at radius 3 is 2.50 bits per heavy atom. The minimum atomic E-state index is -0.305. The maximum Gasteiger partial charge on any atom is 0.231 e. The van der Waals surface area contributed by atoms with Crippen molar-refractivity contribution in [2.45, 2.75) is 38.5 Å². The number of hydrogen-bond acceptors (Lipinski definition) is 5. The van der Waals surface area contributed by atoms with Crippen molar-refractivity contribution in [3.63, 3.8) is 0 Å². The normalized spacial score (nSPS) is 18.4. The summed E-state index contributed by atoms with van der Waals surface area (Å²) in [6.07, 6.45) is 3.82. The molecule has 1 N–H and O–H groups in total. The molecule has 1 amide bonds. The van der Waals surface area contributed by atoms with Gasteiger partial charge in [0.2, 0.25) is 5.91 Å². The number of halogens is 3. The first-order chi connectivity index (χ1) is 14.6. The van der Waals surface area contributed by atoms with Crippen LogP contribution in [0.3, 0.4) is 0 Å². The fourth-order valence-corrected chi connectivity index (χ4v) is 4.57. The lowest BCUT2D eigenvalue weighted by molar-refractivity contribution is -0.133. The van der Waals surface area contributed by atoms with Crippen molar-refractivity contribution in [1.82, 2.24) is 20.2 Å². The molecule has 1 fully saturated rings. The van der Waals surface area contributed by atoms with Gasteiger partial charge in [0.1, 0.15) is 18.0 Å². The van der Waals surface area contributed by atoms with E-state index in [2.05, 4.69) is 27.1 Å². The predicted molar refractivity (Wildman–Crippen MR) is 130 cm³/mol. The van der Waals surface area contributed by atoms with Gasteiger partial charge in [0.05, 0.1) is 5.92 Å². The number of likely N-dealkylation sites (N-methyl/N-ethyl adjacent to an activating group) is 1. The molecule has 2 aliphatic rings. The highest BCUT2D eigenvalue weighted by molar-refractivity contribution is 5.86. The van der Waals surface area contributed by atoms with E-state index in [1.165, 1.54) is 23.4 Å². The molecule has 1 unspecified atom stereocenters. The highest BCUT2D eigenvalue weighted by Crippen LogP contribution is 2.37. The van der Waals surface area contributed by atoms with Crippen LogP contribution in [0.15, 0.2) is 30.6 Å². The van der Waals surface area contributed by atoms with Crippen LogP contribution in [0.4, 0.5) is 10.2 Å². The molecule has 0 saturated carbocycles. The summed E-state index contributed by atoms with van der Waals surface area (Å²) in [6.45, 7) is 8.45. The van der Waals surface area contributed by atoms with Crippen LogP contribution < -0.4 is 10.2 Å². The predicted octanol–water partition coefficient (Wildman–Crippen LogP) is 3.55. The first-order valence-corrected chi connectivity index (χ1v) is 10.9. The number of aryl methyl sites for hydroxylation is 1.